The first-order valence-electron chi connectivity index (χ1n) is 10.3. The molecule has 178 valence electrons. The van der Waals surface area contributed by atoms with Crippen molar-refractivity contribution >= 4 is 29.3 Å². The molecule has 11 heteroatoms. The predicted octanol–water partition coefficient (Wildman–Crippen LogP) is 5.73. The molecule has 0 atom stereocenters. The summed E-state index contributed by atoms with van der Waals surface area (Å²) in [6, 6.07) is 2.33. The highest BCUT2D eigenvalue weighted by molar-refractivity contribution is 6.30. The van der Waals surface area contributed by atoms with Crippen LogP contribution < -0.4 is 10.6 Å². The lowest BCUT2D eigenvalue weighted by molar-refractivity contribution is -0.140. The average molecular weight is 488 g/mol. The van der Waals surface area contributed by atoms with Crippen LogP contribution in [0.1, 0.15) is 43.2 Å². The molecular formula is C22H22ClF4N3O3. The van der Waals surface area contributed by atoms with Gasteiger partial charge in [0.2, 0.25) is 0 Å². The number of aryl methyl sites for hydroxylation is 1. The standard InChI is InChI=1S/C22H22ClF4N3O3/c1-33-17(31)9-6-12-10-15(22(25,26)27)18(16-8-7-13(23)11-28-16)19(24)20(12)30-21(32)29-14-4-2-3-5-14/h7-8,10-11,14H,2-6,9H2,1H3,(H2,29,30,32). The van der Waals surface area contributed by atoms with Gasteiger partial charge in [0.05, 0.1) is 34.6 Å². The number of anilines is 1. The number of hydrogen-bond donors (Lipinski definition) is 2. The van der Waals surface area contributed by atoms with Crippen molar-refractivity contribution in [3.63, 3.8) is 0 Å². The molecule has 6 nitrogen and oxygen atoms in total. The second-order valence-corrected chi connectivity index (χ2v) is 8.10. The van der Waals surface area contributed by atoms with E-state index in [9.17, 15) is 22.8 Å². The summed E-state index contributed by atoms with van der Waals surface area (Å²) >= 11 is 5.77. The van der Waals surface area contributed by atoms with Gasteiger partial charge in [0.15, 0.2) is 5.82 Å². The maximum absolute atomic E-state index is 15.7. The molecule has 0 spiro atoms. The summed E-state index contributed by atoms with van der Waals surface area (Å²) in [6.07, 6.45) is -1.00. The Balaban J connectivity index is 2.09. The van der Waals surface area contributed by atoms with Crippen molar-refractivity contribution in [3.8, 4) is 11.3 Å². The molecule has 1 fully saturated rings. The number of methoxy groups -OCH3 is 1. The molecule has 0 aliphatic heterocycles. The molecule has 1 aromatic carbocycles. The lowest BCUT2D eigenvalue weighted by Crippen LogP contribution is -2.36. The fraction of sp³-hybridized carbons (Fsp3) is 0.409. The minimum Gasteiger partial charge on any atom is -0.469 e. The van der Waals surface area contributed by atoms with Gasteiger partial charge in [-0.05, 0) is 43.0 Å². The van der Waals surface area contributed by atoms with Gasteiger partial charge in [0.1, 0.15) is 0 Å². The van der Waals surface area contributed by atoms with Crippen molar-refractivity contribution in [2.75, 3.05) is 12.4 Å². The number of nitrogens with zero attached hydrogens (tertiary/aromatic N) is 1. The largest absolute Gasteiger partial charge is 0.469 e. The first-order chi connectivity index (χ1) is 15.6. The van der Waals surface area contributed by atoms with Gasteiger partial charge < -0.3 is 15.4 Å². The Labute approximate surface area is 192 Å². The molecule has 1 saturated carbocycles. The van der Waals surface area contributed by atoms with E-state index in [1.807, 2.05) is 0 Å². The molecule has 1 aromatic heterocycles. The molecule has 0 unspecified atom stereocenters. The lowest BCUT2D eigenvalue weighted by atomic mass is 9.95. The van der Waals surface area contributed by atoms with E-state index in [4.69, 9.17) is 11.6 Å². The summed E-state index contributed by atoms with van der Waals surface area (Å²) in [5, 5.41) is 5.22. The third-order valence-corrected chi connectivity index (χ3v) is 5.62. The Bertz CT molecular complexity index is 1020. The molecule has 2 N–H and O–H groups in total. The monoisotopic (exact) mass is 487 g/mol. The molecule has 0 saturated heterocycles. The van der Waals surface area contributed by atoms with E-state index >= 15 is 4.39 Å². The summed E-state index contributed by atoms with van der Waals surface area (Å²) in [5.41, 5.74) is -3.05. The van der Waals surface area contributed by atoms with E-state index in [2.05, 4.69) is 20.4 Å². The number of alkyl halides is 3. The predicted molar refractivity (Wildman–Crippen MR) is 114 cm³/mol. The van der Waals surface area contributed by atoms with E-state index in [-0.39, 0.29) is 35.2 Å². The van der Waals surface area contributed by atoms with Gasteiger partial charge in [-0.2, -0.15) is 13.2 Å². The highest BCUT2D eigenvalue weighted by Crippen LogP contribution is 2.42. The maximum atomic E-state index is 15.7. The number of carbonyl (C=O) groups excluding carboxylic acids is 2. The second kappa shape index (κ2) is 10.4. The van der Waals surface area contributed by atoms with Gasteiger partial charge in [-0.1, -0.05) is 24.4 Å². The number of aromatic nitrogens is 1. The van der Waals surface area contributed by atoms with Crippen molar-refractivity contribution in [1.29, 1.82) is 0 Å². The summed E-state index contributed by atoms with van der Waals surface area (Å²) in [7, 11) is 1.13. The van der Waals surface area contributed by atoms with Crippen molar-refractivity contribution in [2.24, 2.45) is 0 Å². The first kappa shape index (κ1) is 24.8. The normalized spacial score (nSPS) is 14.2. The van der Waals surface area contributed by atoms with E-state index in [1.54, 1.807) is 0 Å². The van der Waals surface area contributed by atoms with Crippen molar-refractivity contribution < 1.29 is 31.9 Å². The zero-order valence-corrected chi connectivity index (χ0v) is 18.4. The number of pyridine rings is 1. The lowest BCUT2D eigenvalue weighted by Gasteiger charge is -2.21. The third kappa shape index (κ3) is 6.13. The topological polar surface area (TPSA) is 80.3 Å². The van der Waals surface area contributed by atoms with Crippen LogP contribution >= 0.6 is 11.6 Å². The Kier molecular flexibility index (Phi) is 7.78. The van der Waals surface area contributed by atoms with Crippen LogP contribution in [0.2, 0.25) is 5.02 Å². The molecule has 1 aliphatic rings. The molecule has 3 rings (SSSR count). The quantitative estimate of drug-likeness (QED) is 0.403. The average Bonchev–Trinajstić information content (AvgIpc) is 3.26. The first-order valence-corrected chi connectivity index (χ1v) is 10.7. The number of benzene rings is 1. The summed E-state index contributed by atoms with van der Waals surface area (Å²) in [5.74, 6) is -1.99. The second-order valence-electron chi connectivity index (χ2n) is 7.66. The van der Waals surface area contributed by atoms with E-state index < -0.39 is 40.8 Å². The zero-order chi connectivity index (χ0) is 24.2. The smallest absolute Gasteiger partial charge is 0.417 e. The van der Waals surface area contributed by atoms with Crippen LogP contribution in [-0.4, -0.2) is 30.1 Å². The van der Waals surface area contributed by atoms with Gasteiger partial charge in [0, 0.05) is 18.7 Å². The van der Waals surface area contributed by atoms with Crippen LogP contribution in [0.25, 0.3) is 11.3 Å². The molecule has 1 aliphatic carbocycles. The third-order valence-electron chi connectivity index (χ3n) is 5.39. The molecular weight excluding hydrogens is 466 g/mol. The number of esters is 1. The van der Waals surface area contributed by atoms with E-state index in [0.29, 0.717) is 0 Å². The number of amides is 2. The minimum atomic E-state index is -4.93. The van der Waals surface area contributed by atoms with Crippen molar-refractivity contribution in [3.05, 3.63) is 46.4 Å². The van der Waals surface area contributed by atoms with Crippen molar-refractivity contribution in [1.82, 2.24) is 10.3 Å². The Morgan fingerprint density at radius 1 is 1.24 bits per heavy atom. The van der Waals surface area contributed by atoms with Gasteiger partial charge in [0.25, 0.3) is 0 Å². The molecule has 0 bridgehead atoms. The Morgan fingerprint density at radius 3 is 2.52 bits per heavy atom. The molecule has 33 heavy (non-hydrogen) atoms. The van der Waals surface area contributed by atoms with Crippen LogP contribution in [0, 0.1) is 5.82 Å². The number of rotatable bonds is 6. The number of halogens is 5. The van der Waals surface area contributed by atoms with E-state index in [1.165, 1.54) is 6.07 Å². The van der Waals surface area contributed by atoms with Crippen LogP contribution in [0.4, 0.5) is 28.0 Å². The summed E-state index contributed by atoms with van der Waals surface area (Å²) in [6.45, 7) is 0. The van der Waals surface area contributed by atoms with Gasteiger partial charge >= 0.3 is 18.2 Å². The van der Waals surface area contributed by atoms with Crippen LogP contribution in [-0.2, 0) is 22.1 Å². The molecule has 2 amide bonds. The minimum absolute atomic E-state index is 0.0987. The van der Waals surface area contributed by atoms with E-state index in [0.717, 1.165) is 51.1 Å². The molecule has 2 aromatic rings. The maximum Gasteiger partial charge on any atom is 0.417 e. The Morgan fingerprint density at radius 2 is 1.94 bits per heavy atom. The number of carbonyl (C=O) groups is 2. The number of urea groups is 1. The highest BCUT2D eigenvalue weighted by atomic mass is 35.5. The fourth-order valence-corrected chi connectivity index (χ4v) is 3.89. The van der Waals surface area contributed by atoms with Crippen LogP contribution in [0.15, 0.2) is 24.4 Å². The van der Waals surface area contributed by atoms with Crippen LogP contribution in [0.3, 0.4) is 0 Å². The van der Waals surface area contributed by atoms with Crippen molar-refractivity contribution in [2.45, 2.75) is 50.7 Å². The number of hydrogen-bond acceptors (Lipinski definition) is 4. The van der Waals surface area contributed by atoms with Gasteiger partial charge in [-0.25, -0.2) is 9.18 Å². The fourth-order valence-electron chi connectivity index (χ4n) is 3.78. The SMILES string of the molecule is COC(=O)CCc1cc(C(F)(F)F)c(-c2ccc(Cl)cn2)c(F)c1NC(=O)NC1CCCC1. The Hall–Kier alpha value is -2.88. The molecule has 1 heterocycles. The number of ether oxygens (including phenoxy) is 1. The molecule has 0 radical (unpaired) electrons. The summed E-state index contributed by atoms with van der Waals surface area (Å²) in [4.78, 5) is 27.9. The van der Waals surface area contributed by atoms with Gasteiger partial charge in [-0.3, -0.25) is 9.78 Å². The summed E-state index contributed by atoms with van der Waals surface area (Å²) < 4.78 is 61.9. The van der Waals surface area contributed by atoms with Gasteiger partial charge in [-0.15, -0.1) is 0 Å². The highest BCUT2D eigenvalue weighted by Gasteiger charge is 2.38. The zero-order valence-electron chi connectivity index (χ0n) is 17.7. The van der Waals surface area contributed by atoms with Crippen LogP contribution in [0.5, 0.6) is 0 Å². The number of nitrogens with one attached hydrogen (secondary N) is 2.